The van der Waals surface area contributed by atoms with Gasteiger partial charge in [-0.2, -0.15) is 8.42 Å². The van der Waals surface area contributed by atoms with Crippen molar-refractivity contribution in [2.45, 2.75) is 65.1 Å². The van der Waals surface area contributed by atoms with Crippen LogP contribution >= 0.6 is 0 Å². The Morgan fingerprint density at radius 2 is 1.41 bits per heavy atom. The van der Waals surface area contributed by atoms with E-state index in [1.807, 2.05) is 0 Å². The van der Waals surface area contributed by atoms with Crippen LogP contribution in [0.15, 0.2) is 47.3 Å². The van der Waals surface area contributed by atoms with Gasteiger partial charge in [-0.05, 0) is 59.2 Å². The molecule has 0 spiro atoms. The van der Waals surface area contributed by atoms with Crippen LogP contribution < -0.4 is 45.2 Å². The van der Waals surface area contributed by atoms with Gasteiger partial charge >= 0.3 is 39.9 Å². The number of nitrogens with one attached hydrogen (secondary N) is 2. The number of nitrogens with zero attached hydrogens (tertiary/aromatic N) is 1. The molecule has 0 radical (unpaired) electrons. The number of anilines is 1. The predicted octanol–water partition coefficient (Wildman–Crippen LogP) is 0.763. The second kappa shape index (κ2) is 12.1. The number of rotatable bonds is 11. The number of Topliss-reactive ketones (excluding diaryl/α,β-unsaturated/α-hetero) is 1. The summed E-state index contributed by atoms with van der Waals surface area (Å²) in [6.45, 7) is 3.60. The molecular weight excluding hydrogens is 550 g/mol. The summed E-state index contributed by atoms with van der Waals surface area (Å²) in [5.74, 6) is -2.20. The number of benzene rings is 1. The van der Waals surface area contributed by atoms with Crippen LogP contribution in [0.2, 0.25) is 0 Å². The molecule has 0 aliphatic rings. The molecule has 212 valence electrons. The maximum atomic E-state index is 15.4. The van der Waals surface area contributed by atoms with Gasteiger partial charge < -0.3 is 6.74 Å². The zero-order chi connectivity index (χ0) is 29.3. The van der Waals surface area contributed by atoms with Crippen molar-refractivity contribution in [3.8, 4) is 11.3 Å². The SMILES string of the molecule is CC(C)(F)C(C(=O)CNC(=O)Cn1c(-c2ccccc2)ccc(NS(=O)(=O)O)c1=O)(C(C)(C)F)C(C)(C)F.[H-].[Na+]. The molecule has 3 N–H and O–H groups in total. The number of alkyl halides is 3. The van der Waals surface area contributed by atoms with Gasteiger partial charge in [0.2, 0.25) is 5.91 Å². The summed E-state index contributed by atoms with van der Waals surface area (Å²) in [4.78, 5) is 39.1. The fourth-order valence-corrected chi connectivity index (χ4v) is 5.87. The minimum absolute atomic E-state index is 0. The van der Waals surface area contributed by atoms with Gasteiger partial charge in [0.05, 0.1) is 12.2 Å². The standard InChI is InChI=1S/C25H32F3N3O6S.Na.H/c1-22(2,26)25(23(3,4)27,24(5,6)28)19(32)14-29-20(33)15-31-18(16-10-8-7-9-11-16)13-12-17(21(31)34)30-38(35,36)37;;/h7-13,30H,14-15H2,1-6H3,(H,29,33)(H,35,36,37);;/q;+1;-1. The van der Waals surface area contributed by atoms with E-state index < -0.39 is 68.8 Å². The van der Waals surface area contributed by atoms with Crippen molar-refractivity contribution >= 4 is 27.7 Å². The van der Waals surface area contributed by atoms with Gasteiger partial charge in [-0.15, -0.1) is 0 Å². The zero-order valence-electron chi connectivity index (χ0n) is 23.9. The number of amides is 1. The molecule has 0 atom stereocenters. The molecule has 0 fully saturated rings. The van der Waals surface area contributed by atoms with Crippen molar-refractivity contribution < 1.29 is 66.7 Å². The largest absolute Gasteiger partial charge is 1.00 e. The van der Waals surface area contributed by atoms with E-state index in [-0.39, 0.29) is 36.7 Å². The first kappa shape index (κ1) is 34.8. The normalized spacial score (nSPS) is 12.9. The van der Waals surface area contributed by atoms with Crippen LogP contribution in [0, 0.1) is 5.41 Å². The third-order valence-electron chi connectivity index (χ3n) is 6.32. The number of aromatic nitrogens is 1. The molecule has 0 saturated carbocycles. The van der Waals surface area contributed by atoms with Crippen LogP contribution in [0.4, 0.5) is 18.9 Å². The van der Waals surface area contributed by atoms with E-state index in [2.05, 4.69) is 5.32 Å². The van der Waals surface area contributed by atoms with Gasteiger partial charge in [-0.25, -0.2) is 13.2 Å². The Labute approximate surface area is 249 Å². The number of carbonyl (C=O) groups is 2. The van der Waals surface area contributed by atoms with Gasteiger partial charge in [0.25, 0.3) is 5.56 Å². The summed E-state index contributed by atoms with van der Waals surface area (Å²) in [6.07, 6.45) is 0. The second-order valence-corrected chi connectivity index (χ2v) is 11.5. The fraction of sp³-hybridized carbons (Fsp3) is 0.480. The molecule has 0 aliphatic carbocycles. The monoisotopic (exact) mass is 583 g/mol. The van der Waals surface area contributed by atoms with Crippen LogP contribution in [0.5, 0.6) is 0 Å². The average molecular weight is 584 g/mol. The summed E-state index contributed by atoms with van der Waals surface area (Å²) >= 11 is 0. The molecular formula is C25H33F3N3NaO6S. The third-order valence-corrected chi connectivity index (χ3v) is 6.80. The topological polar surface area (TPSA) is 135 Å². The molecule has 0 bridgehead atoms. The summed E-state index contributed by atoms with van der Waals surface area (Å²) in [7, 11) is -4.82. The van der Waals surface area contributed by atoms with Gasteiger partial charge in [0.1, 0.15) is 34.7 Å². The molecule has 1 amide bonds. The Kier molecular flexibility index (Phi) is 10.8. The Morgan fingerprint density at radius 1 is 0.923 bits per heavy atom. The predicted molar refractivity (Wildman–Crippen MR) is 138 cm³/mol. The number of hydrogen-bond donors (Lipinski definition) is 3. The molecule has 2 rings (SSSR count). The Hall–Kier alpha value is -2.19. The van der Waals surface area contributed by atoms with Crippen LogP contribution in [0.1, 0.15) is 43.0 Å². The summed E-state index contributed by atoms with van der Waals surface area (Å²) in [5.41, 5.74) is -11.8. The molecule has 0 saturated heterocycles. The molecule has 14 heteroatoms. The molecule has 39 heavy (non-hydrogen) atoms. The Bertz CT molecular complexity index is 1330. The molecule has 2 aromatic rings. The fourth-order valence-electron chi connectivity index (χ4n) is 5.44. The van der Waals surface area contributed by atoms with Gasteiger partial charge in [0, 0.05) is 0 Å². The summed E-state index contributed by atoms with van der Waals surface area (Å²) in [6, 6.07) is 10.7. The van der Waals surface area contributed by atoms with Crippen molar-refractivity contribution in [2.24, 2.45) is 5.41 Å². The number of hydrogen-bond acceptors (Lipinski definition) is 5. The smallest absolute Gasteiger partial charge is 1.00 e. The number of pyridine rings is 1. The first-order valence-corrected chi connectivity index (χ1v) is 13.0. The molecule has 9 nitrogen and oxygen atoms in total. The number of halogens is 3. The van der Waals surface area contributed by atoms with E-state index in [9.17, 15) is 22.8 Å². The molecule has 0 unspecified atom stereocenters. The average Bonchev–Trinajstić information content (AvgIpc) is 2.72. The van der Waals surface area contributed by atoms with E-state index >= 15 is 13.2 Å². The molecule has 1 aromatic carbocycles. The van der Waals surface area contributed by atoms with E-state index in [1.54, 1.807) is 35.1 Å². The zero-order valence-corrected chi connectivity index (χ0v) is 25.7. The minimum atomic E-state index is -4.82. The van der Waals surface area contributed by atoms with Crippen molar-refractivity contribution in [1.82, 2.24) is 9.88 Å². The van der Waals surface area contributed by atoms with Crippen LogP contribution in [0.25, 0.3) is 11.3 Å². The van der Waals surface area contributed by atoms with Crippen LogP contribution in [-0.2, 0) is 26.4 Å². The molecule has 0 aliphatic heterocycles. The van der Waals surface area contributed by atoms with Gasteiger partial charge in [-0.3, -0.25) is 28.2 Å². The van der Waals surface area contributed by atoms with E-state index in [0.717, 1.165) is 52.2 Å². The van der Waals surface area contributed by atoms with E-state index in [4.69, 9.17) is 4.55 Å². The summed E-state index contributed by atoms with van der Waals surface area (Å²) < 4.78 is 80.2. The van der Waals surface area contributed by atoms with Crippen LogP contribution in [0.3, 0.4) is 0 Å². The van der Waals surface area contributed by atoms with E-state index in [0.29, 0.717) is 5.56 Å². The Morgan fingerprint density at radius 3 is 1.85 bits per heavy atom. The summed E-state index contributed by atoms with van der Waals surface area (Å²) in [5, 5.41) is 2.19. The first-order valence-electron chi connectivity index (χ1n) is 11.5. The van der Waals surface area contributed by atoms with Crippen molar-refractivity contribution in [3.05, 3.63) is 52.8 Å². The molecule has 1 heterocycles. The quantitative estimate of drug-likeness (QED) is 0.264. The minimum Gasteiger partial charge on any atom is -1.00 e. The third kappa shape index (κ3) is 7.51. The molecule has 1 aromatic heterocycles. The Balaban J connectivity index is 0.00000760. The number of ketones is 1. The maximum absolute atomic E-state index is 15.4. The first-order chi connectivity index (χ1) is 17.1. The second-order valence-electron chi connectivity index (χ2n) is 10.3. The van der Waals surface area contributed by atoms with Crippen LogP contribution in [-0.4, -0.2) is 52.8 Å². The van der Waals surface area contributed by atoms with Crippen molar-refractivity contribution in [2.75, 3.05) is 11.3 Å². The van der Waals surface area contributed by atoms with Gasteiger partial charge in [-0.1, -0.05) is 30.3 Å². The van der Waals surface area contributed by atoms with Crippen molar-refractivity contribution in [1.29, 1.82) is 0 Å². The van der Waals surface area contributed by atoms with Gasteiger partial charge in [0.15, 0.2) is 5.78 Å². The maximum Gasteiger partial charge on any atom is 1.00 e. The number of carbonyl (C=O) groups excluding carboxylic acids is 2. The van der Waals surface area contributed by atoms with Crippen molar-refractivity contribution in [3.63, 3.8) is 0 Å². The van der Waals surface area contributed by atoms with E-state index in [1.165, 1.54) is 6.07 Å².